The Morgan fingerprint density at radius 2 is 2.38 bits per heavy atom. The Morgan fingerprint density at radius 1 is 1.50 bits per heavy atom. The second kappa shape index (κ2) is 5.41. The lowest BCUT2D eigenvalue weighted by Crippen LogP contribution is -2.35. The number of ether oxygens (including phenoxy) is 1. The molecule has 0 unspecified atom stereocenters. The number of hydrogen-bond donors (Lipinski definition) is 0. The van der Waals surface area contributed by atoms with Gasteiger partial charge in [-0.05, 0) is 26.3 Å². The van der Waals surface area contributed by atoms with Crippen molar-refractivity contribution in [1.29, 1.82) is 0 Å². The van der Waals surface area contributed by atoms with E-state index in [-0.39, 0.29) is 0 Å². The quantitative estimate of drug-likeness (QED) is 0.738. The first-order valence-corrected chi connectivity index (χ1v) is 5.88. The van der Waals surface area contributed by atoms with Gasteiger partial charge in [0.1, 0.15) is 12.2 Å². The molecule has 2 rings (SSSR count). The molecule has 16 heavy (non-hydrogen) atoms. The van der Waals surface area contributed by atoms with Gasteiger partial charge in [-0.25, -0.2) is 0 Å². The van der Waals surface area contributed by atoms with Gasteiger partial charge in [0.2, 0.25) is 0 Å². The van der Waals surface area contributed by atoms with Crippen LogP contribution in [0.1, 0.15) is 18.7 Å². The first-order valence-electron chi connectivity index (χ1n) is 5.88. The van der Waals surface area contributed by atoms with Crippen LogP contribution in [0.5, 0.6) is 0 Å². The van der Waals surface area contributed by atoms with E-state index in [0.717, 1.165) is 25.5 Å². The molecule has 90 valence electrons. The van der Waals surface area contributed by atoms with Crippen molar-refractivity contribution in [1.82, 2.24) is 19.7 Å². The minimum atomic E-state index is 0.599. The maximum atomic E-state index is 5.24. The monoisotopic (exact) mass is 224 g/mol. The third kappa shape index (κ3) is 2.59. The summed E-state index contributed by atoms with van der Waals surface area (Å²) in [4.78, 5) is 2.50. The Kier molecular flexibility index (Phi) is 3.90. The van der Waals surface area contributed by atoms with E-state index in [9.17, 15) is 0 Å². The summed E-state index contributed by atoms with van der Waals surface area (Å²) in [6, 6.07) is 0.599. The van der Waals surface area contributed by atoms with Gasteiger partial charge in [-0.2, -0.15) is 0 Å². The molecule has 1 aromatic rings. The topological polar surface area (TPSA) is 43.2 Å². The summed E-state index contributed by atoms with van der Waals surface area (Å²) < 4.78 is 7.34. The zero-order valence-electron chi connectivity index (χ0n) is 10.1. The average Bonchev–Trinajstić information content (AvgIpc) is 2.86. The Balaban J connectivity index is 1.83. The molecule has 0 bridgehead atoms. The summed E-state index contributed by atoms with van der Waals surface area (Å²) >= 11 is 0. The van der Waals surface area contributed by atoms with E-state index < -0.39 is 0 Å². The summed E-state index contributed by atoms with van der Waals surface area (Å²) in [5.74, 6) is 0.988. The van der Waals surface area contributed by atoms with E-state index in [1.165, 1.54) is 19.4 Å². The smallest absolute Gasteiger partial charge is 0.129 e. The van der Waals surface area contributed by atoms with Crippen molar-refractivity contribution < 1.29 is 4.74 Å². The molecule has 1 fully saturated rings. The number of methoxy groups -OCH3 is 1. The fourth-order valence-electron chi connectivity index (χ4n) is 2.34. The summed E-state index contributed by atoms with van der Waals surface area (Å²) in [7, 11) is 1.78. The van der Waals surface area contributed by atoms with Crippen LogP contribution in [0.4, 0.5) is 0 Å². The van der Waals surface area contributed by atoms with Gasteiger partial charge in [-0.3, -0.25) is 4.90 Å². The lowest BCUT2D eigenvalue weighted by molar-refractivity contribution is 0.113. The summed E-state index contributed by atoms with van der Waals surface area (Å²) in [5, 5.41) is 7.88. The average molecular weight is 224 g/mol. The molecule has 0 N–H and O–H groups in total. The third-order valence-corrected chi connectivity index (χ3v) is 3.30. The van der Waals surface area contributed by atoms with E-state index >= 15 is 0 Å². The Bertz CT molecular complexity index is 326. The molecule has 1 atom stereocenters. The molecule has 5 nitrogen and oxygen atoms in total. The molecule has 0 radical (unpaired) electrons. The molecule has 1 aliphatic heterocycles. The Labute approximate surface area is 96.4 Å². The van der Waals surface area contributed by atoms with Crippen LogP contribution in [0.3, 0.4) is 0 Å². The minimum absolute atomic E-state index is 0.599. The predicted molar refractivity (Wildman–Crippen MR) is 61.2 cm³/mol. The normalized spacial score (nSPS) is 21.8. The van der Waals surface area contributed by atoms with Gasteiger partial charge >= 0.3 is 0 Å². The molecule has 1 aliphatic rings. The first-order chi connectivity index (χ1) is 7.81. The zero-order valence-corrected chi connectivity index (χ0v) is 10.1. The maximum Gasteiger partial charge on any atom is 0.129 e. The molecular formula is C11H20N4O. The number of rotatable bonds is 5. The van der Waals surface area contributed by atoms with Crippen LogP contribution in [-0.2, 0) is 11.3 Å². The highest BCUT2D eigenvalue weighted by Crippen LogP contribution is 2.17. The van der Waals surface area contributed by atoms with Crippen LogP contribution in [0, 0.1) is 6.92 Å². The highest BCUT2D eigenvalue weighted by molar-refractivity contribution is 4.83. The SMILES string of the molecule is COC[C@@H]1CCCN1CCn1cnnc1C. The second-order valence-electron chi connectivity index (χ2n) is 4.36. The van der Waals surface area contributed by atoms with Crippen molar-refractivity contribution in [3.05, 3.63) is 12.2 Å². The van der Waals surface area contributed by atoms with Crippen molar-refractivity contribution in [2.24, 2.45) is 0 Å². The number of nitrogens with zero attached hydrogens (tertiary/aromatic N) is 4. The molecule has 5 heteroatoms. The highest BCUT2D eigenvalue weighted by atomic mass is 16.5. The summed E-state index contributed by atoms with van der Waals surface area (Å²) in [6.45, 7) is 6.06. The van der Waals surface area contributed by atoms with Crippen molar-refractivity contribution in [2.75, 3.05) is 26.8 Å². The van der Waals surface area contributed by atoms with Gasteiger partial charge in [0, 0.05) is 26.2 Å². The molecular weight excluding hydrogens is 204 g/mol. The first kappa shape index (κ1) is 11.5. The fraction of sp³-hybridized carbons (Fsp3) is 0.818. The predicted octanol–water partition coefficient (Wildman–Crippen LogP) is 0.697. The highest BCUT2D eigenvalue weighted by Gasteiger charge is 2.23. The van der Waals surface area contributed by atoms with Crippen LogP contribution < -0.4 is 0 Å². The molecule has 0 aliphatic carbocycles. The molecule has 0 aromatic carbocycles. The van der Waals surface area contributed by atoms with E-state index in [0.29, 0.717) is 6.04 Å². The third-order valence-electron chi connectivity index (χ3n) is 3.30. The van der Waals surface area contributed by atoms with Gasteiger partial charge in [0.25, 0.3) is 0 Å². The van der Waals surface area contributed by atoms with Crippen molar-refractivity contribution in [2.45, 2.75) is 32.4 Å². The van der Waals surface area contributed by atoms with Crippen molar-refractivity contribution in [3.8, 4) is 0 Å². The van der Waals surface area contributed by atoms with Gasteiger partial charge in [-0.15, -0.1) is 10.2 Å². The van der Waals surface area contributed by atoms with Gasteiger partial charge in [-0.1, -0.05) is 0 Å². The number of aryl methyl sites for hydroxylation is 1. The molecule has 0 spiro atoms. The van der Waals surface area contributed by atoms with Crippen molar-refractivity contribution in [3.63, 3.8) is 0 Å². The summed E-state index contributed by atoms with van der Waals surface area (Å²) in [5.41, 5.74) is 0. The second-order valence-corrected chi connectivity index (χ2v) is 4.36. The molecule has 1 saturated heterocycles. The largest absolute Gasteiger partial charge is 0.383 e. The number of hydrogen-bond acceptors (Lipinski definition) is 4. The Morgan fingerprint density at radius 3 is 3.06 bits per heavy atom. The molecule has 1 aromatic heterocycles. The van der Waals surface area contributed by atoms with Gasteiger partial charge in [0.05, 0.1) is 6.61 Å². The van der Waals surface area contributed by atoms with E-state index in [1.54, 1.807) is 13.4 Å². The standard InChI is InChI=1S/C11H20N4O/c1-10-13-12-9-15(10)7-6-14-5-3-4-11(14)8-16-2/h9,11H,3-8H2,1-2H3/t11-/m0/s1. The van der Waals surface area contributed by atoms with Crippen LogP contribution in [0.25, 0.3) is 0 Å². The van der Waals surface area contributed by atoms with Crippen LogP contribution in [0.15, 0.2) is 6.33 Å². The zero-order chi connectivity index (χ0) is 11.4. The fourth-order valence-corrected chi connectivity index (χ4v) is 2.34. The minimum Gasteiger partial charge on any atom is -0.383 e. The van der Waals surface area contributed by atoms with Crippen molar-refractivity contribution >= 4 is 0 Å². The molecule has 2 heterocycles. The van der Waals surface area contributed by atoms with Gasteiger partial charge < -0.3 is 9.30 Å². The Hall–Kier alpha value is -0.940. The van der Waals surface area contributed by atoms with E-state index in [2.05, 4.69) is 19.7 Å². The molecule has 0 saturated carbocycles. The number of aromatic nitrogens is 3. The lowest BCUT2D eigenvalue weighted by atomic mass is 10.2. The molecule has 0 amide bonds. The number of likely N-dealkylation sites (tertiary alicyclic amines) is 1. The van der Waals surface area contributed by atoms with E-state index in [1.807, 2.05) is 6.92 Å². The lowest BCUT2D eigenvalue weighted by Gasteiger charge is -2.23. The summed E-state index contributed by atoms with van der Waals surface area (Å²) in [6.07, 6.45) is 4.35. The maximum absolute atomic E-state index is 5.24. The van der Waals surface area contributed by atoms with E-state index in [4.69, 9.17) is 4.74 Å². The van der Waals surface area contributed by atoms with Crippen LogP contribution in [0.2, 0.25) is 0 Å². The van der Waals surface area contributed by atoms with Gasteiger partial charge in [0.15, 0.2) is 0 Å². The van der Waals surface area contributed by atoms with Crippen LogP contribution >= 0.6 is 0 Å². The van der Waals surface area contributed by atoms with Crippen LogP contribution in [-0.4, -0.2) is 52.5 Å².